The summed E-state index contributed by atoms with van der Waals surface area (Å²) in [4.78, 5) is 15.1. The Morgan fingerprint density at radius 1 is 1.53 bits per heavy atom. The second-order valence-corrected chi connectivity index (χ2v) is 4.00. The van der Waals surface area contributed by atoms with Crippen molar-refractivity contribution in [2.75, 3.05) is 29.9 Å². The third kappa shape index (κ3) is 1.67. The molecule has 0 saturated carbocycles. The van der Waals surface area contributed by atoms with E-state index in [1.165, 1.54) is 0 Å². The second kappa shape index (κ2) is 3.74. The Morgan fingerprint density at radius 3 is 2.93 bits per heavy atom. The molecule has 0 atom stereocenters. The van der Waals surface area contributed by atoms with Crippen LogP contribution in [0.1, 0.15) is 5.56 Å². The van der Waals surface area contributed by atoms with Crippen LogP contribution in [0.25, 0.3) is 0 Å². The van der Waals surface area contributed by atoms with Gasteiger partial charge in [0.15, 0.2) is 0 Å². The van der Waals surface area contributed by atoms with Crippen molar-refractivity contribution >= 4 is 28.9 Å². The third-order valence-electron chi connectivity index (χ3n) is 2.76. The van der Waals surface area contributed by atoms with Crippen LogP contribution in [0.2, 0.25) is 0 Å². The van der Waals surface area contributed by atoms with Gasteiger partial charge in [-0.1, -0.05) is 0 Å². The summed E-state index contributed by atoms with van der Waals surface area (Å²) in [5.41, 5.74) is 3.13. The molecule has 2 rings (SSSR count). The summed E-state index contributed by atoms with van der Waals surface area (Å²) in [5, 5.41) is 0. The zero-order valence-electron chi connectivity index (χ0n) is 8.83. The van der Waals surface area contributed by atoms with Crippen LogP contribution in [0.4, 0.5) is 11.4 Å². The number of halogens is 1. The fourth-order valence-corrected chi connectivity index (χ4v) is 1.90. The van der Waals surface area contributed by atoms with Gasteiger partial charge in [-0.15, -0.1) is 11.6 Å². The quantitative estimate of drug-likeness (QED) is 0.565. The molecule has 0 radical (unpaired) electrons. The summed E-state index contributed by atoms with van der Waals surface area (Å²) in [6.07, 6.45) is 0.496. The number of amides is 1. The first-order chi connectivity index (χ1) is 7.13. The molecule has 0 bridgehead atoms. The van der Waals surface area contributed by atoms with E-state index in [9.17, 15) is 4.79 Å². The Kier molecular flexibility index (Phi) is 2.57. The van der Waals surface area contributed by atoms with Crippen LogP contribution in [0.5, 0.6) is 0 Å². The van der Waals surface area contributed by atoms with Crippen LogP contribution in [0, 0.1) is 0 Å². The Balaban J connectivity index is 2.37. The SMILES string of the molecule is CN(CCl)c1ccc2c(c1)CC(=O)N2C. The van der Waals surface area contributed by atoms with E-state index in [0.29, 0.717) is 12.4 Å². The number of rotatable bonds is 2. The van der Waals surface area contributed by atoms with Gasteiger partial charge in [-0.25, -0.2) is 0 Å². The zero-order chi connectivity index (χ0) is 11.0. The van der Waals surface area contributed by atoms with Gasteiger partial charge in [0, 0.05) is 25.5 Å². The lowest BCUT2D eigenvalue weighted by molar-refractivity contribution is -0.117. The highest BCUT2D eigenvalue weighted by molar-refractivity contribution is 6.19. The fourth-order valence-electron chi connectivity index (χ4n) is 1.76. The van der Waals surface area contributed by atoms with E-state index < -0.39 is 0 Å². The molecular weight excluding hydrogens is 212 g/mol. The molecule has 0 saturated heterocycles. The summed E-state index contributed by atoms with van der Waals surface area (Å²) in [7, 11) is 3.73. The molecule has 0 N–H and O–H groups in total. The van der Waals surface area contributed by atoms with Gasteiger partial charge in [0.25, 0.3) is 0 Å². The van der Waals surface area contributed by atoms with Crippen LogP contribution < -0.4 is 9.80 Å². The molecule has 1 aliphatic heterocycles. The van der Waals surface area contributed by atoms with E-state index in [2.05, 4.69) is 0 Å². The van der Waals surface area contributed by atoms with E-state index in [-0.39, 0.29) is 5.91 Å². The van der Waals surface area contributed by atoms with Crippen molar-refractivity contribution in [1.29, 1.82) is 0 Å². The van der Waals surface area contributed by atoms with Crippen LogP contribution in [0.15, 0.2) is 18.2 Å². The van der Waals surface area contributed by atoms with Crippen molar-refractivity contribution in [3.8, 4) is 0 Å². The van der Waals surface area contributed by atoms with Crippen molar-refractivity contribution in [2.45, 2.75) is 6.42 Å². The normalized spacial score (nSPS) is 14.3. The lowest BCUT2D eigenvalue weighted by atomic mass is 10.1. The van der Waals surface area contributed by atoms with Gasteiger partial charge in [-0.2, -0.15) is 0 Å². The molecule has 1 aromatic carbocycles. The van der Waals surface area contributed by atoms with Crippen molar-refractivity contribution in [3.05, 3.63) is 23.8 Å². The van der Waals surface area contributed by atoms with Gasteiger partial charge in [0.05, 0.1) is 12.4 Å². The maximum absolute atomic E-state index is 11.5. The van der Waals surface area contributed by atoms with Crippen molar-refractivity contribution in [2.24, 2.45) is 0 Å². The molecule has 4 heteroatoms. The number of alkyl halides is 1. The van der Waals surface area contributed by atoms with Gasteiger partial charge in [-0.3, -0.25) is 4.79 Å². The Bertz CT molecular complexity index is 406. The zero-order valence-corrected chi connectivity index (χ0v) is 9.58. The first kappa shape index (κ1) is 10.3. The molecule has 0 aromatic heterocycles. The van der Waals surface area contributed by atoms with Gasteiger partial charge in [-0.05, 0) is 23.8 Å². The molecule has 1 amide bonds. The summed E-state index contributed by atoms with van der Waals surface area (Å²) in [6.45, 7) is 0. The van der Waals surface area contributed by atoms with Crippen molar-refractivity contribution in [3.63, 3.8) is 0 Å². The number of nitrogens with zero attached hydrogens (tertiary/aromatic N) is 2. The van der Waals surface area contributed by atoms with Crippen LogP contribution in [0.3, 0.4) is 0 Å². The van der Waals surface area contributed by atoms with Crippen molar-refractivity contribution < 1.29 is 4.79 Å². The molecule has 0 aliphatic carbocycles. The highest BCUT2D eigenvalue weighted by Gasteiger charge is 2.24. The summed E-state index contributed by atoms with van der Waals surface area (Å²) >= 11 is 5.74. The first-order valence-corrected chi connectivity index (χ1v) is 5.33. The molecule has 1 heterocycles. The molecular formula is C11H13ClN2O. The van der Waals surface area contributed by atoms with Crippen LogP contribution >= 0.6 is 11.6 Å². The highest BCUT2D eigenvalue weighted by atomic mass is 35.5. The van der Waals surface area contributed by atoms with E-state index in [4.69, 9.17) is 11.6 Å². The van der Waals surface area contributed by atoms with Crippen LogP contribution in [-0.4, -0.2) is 26.0 Å². The Labute approximate surface area is 94.2 Å². The average Bonchev–Trinajstić information content (AvgIpc) is 2.53. The molecule has 15 heavy (non-hydrogen) atoms. The Morgan fingerprint density at radius 2 is 2.27 bits per heavy atom. The predicted molar refractivity (Wildman–Crippen MR) is 62.7 cm³/mol. The topological polar surface area (TPSA) is 23.6 Å². The fraction of sp³-hybridized carbons (Fsp3) is 0.364. The minimum absolute atomic E-state index is 0.149. The first-order valence-electron chi connectivity index (χ1n) is 4.80. The third-order valence-corrected chi connectivity index (χ3v) is 3.12. The number of carbonyl (C=O) groups excluding carboxylic acids is 1. The smallest absolute Gasteiger partial charge is 0.231 e. The second-order valence-electron chi connectivity index (χ2n) is 3.76. The Hall–Kier alpha value is -1.22. The number of anilines is 2. The minimum Gasteiger partial charge on any atom is -0.361 e. The van der Waals surface area contributed by atoms with Gasteiger partial charge in [0.2, 0.25) is 5.91 Å². The number of carbonyl (C=O) groups is 1. The van der Waals surface area contributed by atoms with Gasteiger partial charge in [0.1, 0.15) is 0 Å². The average molecular weight is 225 g/mol. The number of hydrogen-bond acceptors (Lipinski definition) is 2. The molecule has 0 spiro atoms. The summed E-state index contributed by atoms with van der Waals surface area (Å²) in [5.74, 6) is 0.149. The van der Waals surface area contributed by atoms with Crippen molar-refractivity contribution in [1.82, 2.24) is 0 Å². The van der Waals surface area contributed by atoms with Gasteiger partial charge < -0.3 is 9.80 Å². The lowest BCUT2D eigenvalue weighted by Gasteiger charge is -2.17. The summed E-state index contributed by atoms with van der Waals surface area (Å²) in [6, 6.07) is 6.43. The number of hydrogen-bond donors (Lipinski definition) is 0. The van der Waals surface area contributed by atoms with Gasteiger partial charge >= 0.3 is 0 Å². The van der Waals surface area contributed by atoms with E-state index in [1.807, 2.05) is 30.1 Å². The molecule has 3 nitrogen and oxygen atoms in total. The molecule has 1 aromatic rings. The number of likely N-dealkylation sites (N-methyl/N-ethyl adjacent to an activating group) is 1. The minimum atomic E-state index is 0.149. The standard InChI is InChI=1S/C11H13ClN2O/c1-13(7-12)9-3-4-10-8(5-9)6-11(15)14(10)2/h3-5H,6-7H2,1-2H3. The van der Waals surface area contributed by atoms with E-state index in [1.54, 1.807) is 11.9 Å². The number of fused-ring (bicyclic) bond motifs is 1. The maximum Gasteiger partial charge on any atom is 0.231 e. The molecule has 0 unspecified atom stereocenters. The lowest BCUT2D eigenvalue weighted by Crippen LogP contribution is -2.20. The predicted octanol–water partition coefficient (Wildman–Crippen LogP) is 1.84. The largest absolute Gasteiger partial charge is 0.361 e. The maximum atomic E-state index is 11.5. The van der Waals surface area contributed by atoms with E-state index >= 15 is 0 Å². The monoisotopic (exact) mass is 224 g/mol. The van der Waals surface area contributed by atoms with Crippen LogP contribution in [-0.2, 0) is 11.2 Å². The molecule has 1 aliphatic rings. The highest BCUT2D eigenvalue weighted by Crippen LogP contribution is 2.30. The molecule has 80 valence electrons. The van der Waals surface area contributed by atoms with E-state index in [0.717, 1.165) is 16.9 Å². The number of benzene rings is 1. The summed E-state index contributed by atoms with van der Waals surface area (Å²) < 4.78 is 0. The molecule has 0 fully saturated rings.